The molecule has 2 rings (SSSR count). The first-order valence-corrected chi connectivity index (χ1v) is 6.62. The zero-order valence-corrected chi connectivity index (χ0v) is 10.8. The molecule has 1 atom stereocenters. The molecule has 1 aliphatic rings. The molecule has 1 nitrogen and oxygen atoms in total. The third-order valence-electron chi connectivity index (χ3n) is 3.80. The van der Waals surface area contributed by atoms with Crippen LogP contribution in [0, 0.1) is 17.7 Å². The molecule has 94 valence electrons. The molecule has 0 bridgehead atoms. The molecule has 0 amide bonds. The molecule has 0 aliphatic carbocycles. The standard InChI is InChI=1S/C15H22FN/c1-12(2)14-4-3-9-17(11-14)10-13-5-7-15(16)8-6-13/h5-8,12,14H,3-4,9-11H2,1-2H3/t14-/m0/s1. The molecule has 0 spiro atoms. The van der Waals surface area contributed by atoms with E-state index in [0.717, 1.165) is 18.4 Å². The summed E-state index contributed by atoms with van der Waals surface area (Å²) in [4.78, 5) is 2.50. The van der Waals surface area contributed by atoms with Crippen LogP contribution in [0.3, 0.4) is 0 Å². The van der Waals surface area contributed by atoms with Gasteiger partial charge >= 0.3 is 0 Å². The van der Waals surface area contributed by atoms with Gasteiger partial charge in [0, 0.05) is 13.1 Å². The van der Waals surface area contributed by atoms with E-state index in [1.807, 2.05) is 12.1 Å². The average Bonchev–Trinajstić information content (AvgIpc) is 2.32. The van der Waals surface area contributed by atoms with Crippen molar-refractivity contribution < 1.29 is 4.39 Å². The predicted octanol–water partition coefficient (Wildman–Crippen LogP) is 3.69. The Morgan fingerprint density at radius 3 is 2.65 bits per heavy atom. The Morgan fingerprint density at radius 2 is 2.00 bits per heavy atom. The Morgan fingerprint density at radius 1 is 1.29 bits per heavy atom. The number of nitrogens with zero attached hydrogens (tertiary/aromatic N) is 1. The molecule has 1 fully saturated rings. The summed E-state index contributed by atoms with van der Waals surface area (Å²) in [5.74, 6) is 1.45. The highest BCUT2D eigenvalue weighted by molar-refractivity contribution is 5.15. The first-order chi connectivity index (χ1) is 8.15. The largest absolute Gasteiger partial charge is 0.299 e. The Balaban J connectivity index is 1.92. The maximum atomic E-state index is 12.8. The highest BCUT2D eigenvalue weighted by Crippen LogP contribution is 2.24. The summed E-state index contributed by atoms with van der Waals surface area (Å²) in [5, 5.41) is 0. The number of hydrogen-bond donors (Lipinski definition) is 0. The van der Waals surface area contributed by atoms with Gasteiger partial charge in [-0.2, -0.15) is 0 Å². The van der Waals surface area contributed by atoms with Crippen LogP contribution in [0.25, 0.3) is 0 Å². The maximum absolute atomic E-state index is 12.8. The fourth-order valence-electron chi connectivity index (χ4n) is 2.63. The molecular weight excluding hydrogens is 213 g/mol. The number of halogens is 1. The van der Waals surface area contributed by atoms with Gasteiger partial charge in [0.25, 0.3) is 0 Å². The van der Waals surface area contributed by atoms with E-state index >= 15 is 0 Å². The van der Waals surface area contributed by atoms with Crippen LogP contribution >= 0.6 is 0 Å². The lowest BCUT2D eigenvalue weighted by Gasteiger charge is -2.34. The van der Waals surface area contributed by atoms with Crippen LogP contribution in [0.4, 0.5) is 4.39 Å². The van der Waals surface area contributed by atoms with E-state index in [-0.39, 0.29) is 5.82 Å². The van der Waals surface area contributed by atoms with Gasteiger partial charge in [0.15, 0.2) is 0 Å². The van der Waals surface area contributed by atoms with Crippen molar-refractivity contribution in [2.24, 2.45) is 11.8 Å². The minimum Gasteiger partial charge on any atom is -0.299 e. The van der Waals surface area contributed by atoms with Gasteiger partial charge in [0.05, 0.1) is 0 Å². The smallest absolute Gasteiger partial charge is 0.123 e. The van der Waals surface area contributed by atoms with Crippen LogP contribution < -0.4 is 0 Å². The first-order valence-electron chi connectivity index (χ1n) is 6.62. The minimum absolute atomic E-state index is 0.146. The minimum atomic E-state index is -0.146. The summed E-state index contributed by atoms with van der Waals surface area (Å²) in [5.41, 5.74) is 1.22. The molecule has 17 heavy (non-hydrogen) atoms. The van der Waals surface area contributed by atoms with E-state index in [1.54, 1.807) is 12.1 Å². The highest BCUT2D eigenvalue weighted by atomic mass is 19.1. The van der Waals surface area contributed by atoms with Crippen LogP contribution in [-0.4, -0.2) is 18.0 Å². The summed E-state index contributed by atoms with van der Waals surface area (Å²) in [7, 11) is 0. The van der Waals surface area contributed by atoms with Crippen molar-refractivity contribution >= 4 is 0 Å². The van der Waals surface area contributed by atoms with E-state index in [0.29, 0.717) is 0 Å². The zero-order chi connectivity index (χ0) is 12.3. The van der Waals surface area contributed by atoms with E-state index in [1.165, 1.54) is 31.5 Å². The lowest BCUT2D eigenvalue weighted by Crippen LogP contribution is -2.36. The van der Waals surface area contributed by atoms with Crippen molar-refractivity contribution in [3.05, 3.63) is 35.6 Å². The van der Waals surface area contributed by atoms with Crippen LogP contribution in [0.15, 0.2) is 24.3 Å². The quantitative estimate of drug-likeness (QED) is 0.772. The molecule has 0 aromatic heterocycles. The summed E-state index contributed by atoms with van der Waals surface area (Å²) < 4.78 is 12.8. The SMILES string of the molecule is CC(C)[C@H]1CCCN(Cc2ccc(F)cc2)C1. The van der Waals surface area contributed by atoms with Gasteiger partial charge in [0.2, 0.25) is 0 Å². The Kier molecular flexibility index (Phi) is 4.16. The molecule has 1 saturated heterocycles. The Hall–Kier alpha value is -0.890. The van der Waals surface area contributed by atoms with Gasteiger partial charge in [-0.15, -0.1) is 0 Å². The van der Waals surface area contributed by atoms with Crippen molar-refractivity contribution in [2.75, 3.05) is 13.1 Å². The molecule has 0 saturated carbocycles. The molecular formula is C15H22FN. The second kappa shape index (κ2) is 5.63. The fourth-order valence-corrected chi connectivity index (χ4v) is 2.63. The Labute approximate surface area is 104 Å². The molecule has 1 aliphatic heterocycles. The molecule has 0 N–H and O–H groups in total. The van der Waals surface area contributed by atoms with Crippen LogP contribution in [0.2, 0.25) is 0 Å². The van der Waals surface area contributed by atoms with E-state index < -0.39 is 0 Å². The molecule has 1 aromatic rings. The maximum Gasteiger partial charge on any atom is 0.123 e. The van der Waals surface area contributed by atoms with Crippen LogP contribution in [0.5, 0.6) is 0 Å². The number of likely N-dealkylation sites (tertiary alicyclic amines) is 1. The van der Waals surface area contributed by atoms with Crippen molar-refractivity contribution in [1.82, 2.24) is 4.90 Å². The topological polar surface area (TPSA) is 3.24 Å². The fraction of sp³-hybridized carbons (Fsp3) is 0.600. The summed E-state index contributed by atoms with van der Waals surface area (Å²) in [6, 6.07) is 6.90. The third kappa shape index (κ3) is 3.53. The summed E-state index contributed by atoms with van der Waals surface area (Å²) >= 11 is 0. The second-order valence-electron chi connectivity index (χ2n) is 5.51. The van der Waals surface area contributed by atoms with E-state index in [2.05, 4.69) is 18.7 Å². The summed E-state index contributed by atoms with van der Waals surface area (Å²) in [6.07, 6.45) is 2.65. The average molecular weight is 235 g/mol. The van der Waals surface area contributed by atoms with Crippen molar-refractivity contribution in [2.45, 2.75) is 33.2 Å². The van der Waals surface area contributed by atoms with Crippen molar-refractivity contribution in [3.8, 4) is 0 Å². The zero-order valence-electron chi connectivity index (χ0n) is 10.8. The molecule has 1 heterocycles. The highest BCUT2D eigenvalue weighted by Gasteiger charge is 2.22. The number of hydrogen-bond acceptors (Lipinski definition) is 1. The number of benzene rings is 1. The lowest BCUT2D eigenvalue weighted by atomic mass is 9.88. The van der Waals surface area contributed by atoms with Crippen LogP contribution in [-0.2, 0) is 6.54 Å². The van der Waals surface area contributed by atoms with Gasteiger partial charge in [-0.25, -0.2) is 4.39 Å². The summed E-state index contributed by atoms with van der Waals surface area (Å²) in [6.45, 7) is 7.96. The normalized spacial score (nSPS) is 22.0. The molecule has 1 aromatic carbocycles. The van der Waals surface area contributed by atoms with Gasteiger partial charge in [0.1, 0.15) is 5.82 Å². The van der Waals surface area contributed by atoms with Gasteiger partial charge < -0.3 is 0 Å². The van der Waals surface area contributed by atoms with Gasteiger partial charge in [-0.3, -0.25) is 4.90 Å². The first kappa shape index (κ1) is 12.6. The monoisotopic (exact) mass is 235 g/mol. The van der Waals surface area contributed by atoms with Crippen molar-refractivity contribution in [1.29, 1.82) is 0 Å². The van der Waals surface area contributed by atoms with Gasteiger partial charge in [-0.05, 0) is 48.9 Å². The predicted molar refractivity (Wildman–Crippen MR) is 69.2 cm³/mol. The van der Waals surface area contributed by atoms with Crippen LogP contribution in [0.1, 0.15) is 32.3 Å². The Bertz CT molecular complexity index is 344. The van der Waals surface area contributed by atoms with E-state index in [4.69, 9.17) is 0 Å². The third-order valence-corrected chi connectivity index (χ3v) is 3.80. The number of rotatable bonds is 3. The number of piperidine rings is 1. The second-order valence-corrected chi connectivity index (χ2v) is 5.51. The van der Waals surface area contributed by atoms with Crippen molar-refractivity contribution in [3.63, 3.8) is 0 Å². The molecule has 0 unspecified atom stereocenters. The van der Waals surface area contributed by atoms with Gasteiger partial charge in [-0.1, -0.05) is 26.0 Å². The van der Waals surface area contributed by atoms with E-state index in [9.17, 15) is 4.39 Å². The molecule has 2 heteroatoms. The lowest BCUT2D eigenvalue weighted by molar-refractivity contribution is 0.139. The molecule has 0 radical (unpaired) electrons.